The summed E-state index contributed by atoms with van der Waals surface area (Å²) in [6, 6.07) is 4.83. The largest absolute Gasteiger partial charge is 0.416 e. The summed E-state index contributed by atoms with van der Waals surface area (Å²) in [7, 11) is 0. The lowest BCUT2D eigenvalue weighted by atomic mass is 10.0. The molecule has 1 aliphatic rings. The van der Waals surface area contributed by atoms with E-state index < -0.39 is 11.7 Å². The lowest BCUT2D eigenvalue weighted by Gasteiger charge is -2.35. The first-order valence-corrected chi connectivity index (χ1v) is 7.37. The van der Waals surface area contributed by atoms with E-state index >= 15 is 0 Å². The molecule has 0 saturated carbocycles. The van der Waals surface area contributed by atoms with Gasteiger partial charge < -0.3 is 15.8 Å². The van der Waals surface area contributed by atoms with Gasteiger partial charge in [0.25, 0.3) is 0 Å². The number of nitrogens with two attached hydrogens (primary N) is 1. The Morgan fingerprint density at radius 1 is 1.26 bits per heavy atom. The molecule has 3 N–H and O–H groups in total. The second-order valence-electron chi connectivity index (χ2n) is 5.29. The quantitative estimate of drug-likeness (QED) is 0.849. The molecule has 23 heavy (non-hydrogen) atoms. The van der Waals surface area contributed by atoms with Crippen LogP contribution in [0.2, 0.25) is 0 Å². The molecule has 1 amide bonds. The van der Waals surface area contributed by atoms with Gasteiger partial charge in [-0.3, -0.25) is 9.69 Å². The Labute approximate surface area is 132 Å². The maximum atomic E-state index is 12.7. The smallest absolute Gasteiger partial charge is 0.379 e. The van der Waals surface area contributed by atoms with Crippen molar-refractivity contribution in [2.24, 2.45) is 5.73 Å². The molecule has 0 bridgehead atoms. The minimum atomic E-state index is -4.36. The monoisotopic (exact) mass is 331 g/mol. The highest BCUT2D eigenvalue weighted by Crippen LogP contribution is 2.30. The Morgan fingerprint density at radius 3 is 2.39 bits per heavy atom. The van der Waals surface area contributed by atoms with Crippen molar-refractivity contribution < 1.29 is 22.7 Å². The number of halogens is 3. The van der Waals surface area contributed by atoms with Gasteiger partial charge in [0, 0.05) is 19.6 Å². The molecule has 8 heteroatoms. The van der Waals surface area contributed by atoms with Crippen LogP contribution in [0.4, 0.5) is 13.2 Å². The van der Waals surface area contributed by atoms with Crippen molar-refractivity contribution in [1.82, 2.24) is 10.2 Å². The first kappa shape index (κ1) is 17.7. The van der Waals surface area contributed by atoms with Crippen LogP contribution in [0.5, 0.6) is 0 Å². The molecular formula is C15H20F3N3O2. The number of hydrogen-bond donors (Lipinski definition) is 2. The predicted octanol–water partition coefficient (Wildman–Crippen LogP) is 1.15. The summed E-state index contributed by atoms with van der Waals surface area (Å²) in [4.78, 5) is 13.5. The maximum absolute atomic E-state index is 12.7. The van der Waals surface area contributed by atoms with Gasteiger partial charge in [-0.2, -0.15) is 13.2 Å². The molecule has 0 aliphatic carbocycles. The number of morpholine rings is 1. The molecule has 128 valence electrons. The molecule has 1 unspecified atom stereocenters. The topological polar surface area (TPSA) is 67.6 Å². The summed E-state index contributed by atoms with van der Waals surface area (Å²) in [5.41, 5.74) is 5.31. The number of nitrogens with zero attached hydrogens (tertiary/aromatic N) is 1. The third kappa shape index (κ3) is 4.92. The Bertz CT molecular complexity index is 514. The lowest BCUT2D eigenvalue weighted by Crippen LogP contribution is -2.44. The molecule has 1 heterocycles. The van der Waals surface area contributed by atoms with E-state index in [9.17, 15) is 18.0 Å². The molecule has 1 aliphatic heterocycles. The minimum absolute atomic E-state index is 0.122. The van der Waals surface area contributed by atoms with E-state index in [1.54, 1.807) is 0 Å². The minimum Gasteiger partial charge on any atom is -0.379 e. The number of alkyl halides is 3. The number of rotatable bonds is 5. The van der Waals surface area contributed by atoms with Gasteiger partial charge in [0.05, 0.1) is 31.4 Å². The van der Waals surface area contributed by atoms with Gasteiger partial charge in [-0.1, -0.05) is 12.1 Å². The average molecular weight is 331 g/mol. The number of amides is 1. The van der Waals surface area contributed by atoms with Gasteiger partial charge in [-0.15, -0.1) is 0 Å². The summed E-state index contributed by atoms with van der Waals surface area (Å²) in [6.45, 7) is 2.60. The molecule has 1 saturated heterocycles. The number of hydrogen-bond acceptors (Lipinski definition) is 4. The van der Waals surface area contributed by atoms with Crippen molar-refractivity contribution in [3.63, 3.8) is 0 Å². The van der Waals surface area contributed by atoms with E-state index in [1.807, 2.05) is 0 Å². The molecule has 0 spiro atoms. The zero-order valence-corrected chi connectivity index (χ0v) is 12.6. The molecule has 1 aromatic carbocycles. The van der Waals surface area contributed by atoms with Crippen LogP contribution in [0, 0.1) is 0 Å². The number of carbonyl (C=O) groups excluding carboxylic acids is 1. The molecule has 1 atom stereocenters. The Balaban J connectivity index is 2.16. The molecule has 5 nitrogen and oxygen atoms in total. The van der Waals surface area contributed by atoms with Crippen LogP contribution in [0.25, 0.3) is 0 Å². The van der Waals surface area contributed by atoms with Gasteiger partial charge in [0.1, 0.15) is 0 Å². The van der Waals surface area contributed by atoms with Gasteiger partial charge in [-0.25, -0.2) is 0 Å². The van der Waals surface area contributed by atoms with Crippen LogP contribution in [0.3, 0.4) is 0 Å². The van der Waals surface area contributed by atoms with Gasteiger partial charge in [-0.05, 0) is 17.7 Å². The number of nitrogens with one attached hydrogen (secondary N) is 1. The van der Waals surface area contributed by atoms with E-state index in [2.05, 4.69) is 10.2 Å². The summed E-state index contributed by atoms with van der Waals surface area (Å²) in [5.74, 6) is -0.296. The molecule has 1 aromatic rings. The van der Waals surface area contributed by atoms with Crippen LogP contribution >= 0.6 is 0 Å². The summed E-state index contributed by atoms with van der Waals surface area (Å²) < 4.78 is 43.3. The van der Waals surface area contributed by atoms with E-state index in [1.165, 1.54) is 12.1 Å². The van der Waals surface area contributed by atoms with Crippen molar-refractivity contribution in [1.29, 1.82) is 0 Å². The second kappa shape index (κ2) is 7.76. The molecule has 2 rings (SSSR count). The number of ether oxygens (including phenoxy) is 1. The lowest BCUT2D eigenvalue weighted by molar-refractivity contribution is -0.137. The summed E-state index contributed by atoms with van der Waals surface area (Å²) in [6.07, 6.45) is -4.36. The fourth-order valence-electron chi connectivity index (χ4n) is 2.52. The van der Waals surface area contributed by atoms with Crippen molar-refractivity contribution in [2.75, 3.05) is 39.4 Å². The Morgan fingerprint density at radius 2 is 1.87 bits per heavy atom. The number of benzene rings is 1. The first-order valence-electron chi connectivity index (χ1n) is 7.37. The van der Waals surface area contributed by atoms with Crippen LogP contribution < -0.4 is 11.1 Å². The fourth-order valence-corrected chi connectivity index (χ4v) is 2.52. The highest BCUT2D eigenvalue weighted by molar-refractivity contribution is 5.77. The Hall–Kier alpha value is -1.64. The average Bonchev–Trinajstić information content (AvgIpc) is 2.55. The highest BCUT2D eigenvalue weighted by Gasteiger charge is 2.31. The third-order valence-electron chi connectivity index (χ3n) is 3.79. The maximum Gasteiger partial charge on any atom is 0.416 e. The normalized spacial score (nSPS) is 17.7. The molecule has 0 radical (unpaired) electrons. The van der Waals surface area contributed by atoms with E-state index in [4.69, 9.17) is 10.5 Å². The molecule has 0 aromatic heterocycles. The van der Waals surface area contributed by atoms with E-state index in [0.717, 1.165) is 17.7 Å². The molecule has 1 fully saturated rings. The predicted molar refractivity (Wildman–Crippen MR) is 78.6 cm³/mol. The standard InChI is InChI=1S/C15H20F3N3O2/c16-15(17,18)12-3-1-11(2-4-12)13(10-20-14(22)9-19)21-5-7-23-8-6-21/h1-4,13H,5-10,19H2,(H,20,22). The number of carbonyl (C=O) groups is 1. The van der Waals surface area contributed by atoms with Crippen LogP contribution in [0.1, 0.15) is 17.2 Å². The first-order chi connectivity index (χ1) is 10.9. The van der Waals surface area contributed by atoms with Crippen molar-refractivity contribution in [3.05, 3.63) is 35.4 Å². The Kier molecular flexibility index (Phi) is 5.97. The van der Waals surface area contributed by atoms with Crippen molar-refractivity contribution in [2.45, 2.75) is 12.2 Å². The van der Waals surface area contributed by atoms with Crippen LogP contribution in [-0.4, -0.2) is 50.2 Å². The highest BCUT2D eigenvalue weighted by atomic mass is 19.4. The third-order valence-corrected chi connectivity index (χ3v) is 3.79. The van der Waals surface area contributed by atoms with E-state index in [0.29, 0.717) is 32.8 Å². The summed E-state index contributed by atoms with van der Waals surface area (Å²) >= 11 is 0. The van der Waals surface area contributed by atoms with Gasteiger partial charge in [0.15, 0.2) is 0 Å². The zero-order valence-electron chi connectivity index (χ0n) is 12.6. The van der Waals surface area contributed by atoms with Crippen molar-refractivity contribution >= 4 is 5.91 Å². The van der Waals surface area contributed by atoms with Crippen LogP contribution in [0.15, 0.2) is 24.3 Å². The SMILES string of the molecule is NCC(=O)NCC(c1ccc(C(F)(F)F)cc1)N1CCOCC1. The zero-order chi connectivity index (χ0) is 16.9. The van der Waals surface area contributed by atoms with E-state index in [-0.39, 0.29) is 18.5 Å². The summed E-state index contributed by atoms with van der Waals surface area (Å²) in [5, 5.41) is 2.70. The second-order valence-corrected chi connectivity index (χ2v) is 5.29. The van der Waals surface area contributed by atoms with Crippen molar-refractivity contribution in [3.8, 4) is 0 Å². The molecular weight excluding hydrogens is 311 g/mol. The van der Waals surface area contributed by atoms with Crippen LogP contribution in [-0.2, 0) is 15.7 Å². The van der Waals surface area contributed by atoms with Gasteiger partial charge >= 0.3 is 6.18 Å². The van der Waals surface area contributed by atoms with Gasteiger partial charge in [0.2, 0.25) is 5.91 Å². The fraction of sp³-hybridized carbons (Fsp3) is 0.533.